The van der Waals surface area contributed by atoms with Crippen LogP contribution in [-0.4, -0.2) is 11.6 Å². The van der Waals surface area contributed by atoms with Gasteiger partial charge in [-0.05, 0) is 42.7 Å². The molecule has 0 bridgehead atoms. The molecule has 0 unspecified atom stereocenters. The van der Waals surface area contributed by atoms with Crippen LogP contribution in [0.4, 0.5) is 11.4 Å². The molecule has 3 aromatic rings. The number of aryl methyl sites for hydroxylation is 1. The van der Waals surface area contributed by atoms with E-state index in [4.69, 9.17) is 11.6 Å². The van der Waals surface area contributed by atoms with Gasteiger partial charge in [-0.3, -0.25) is 9.59 Å². The minimum Gasteiger partial charge on any atom is -0.355 e. The van der Waals surface area contributed by atoms with E-state index in [1.54, 1.807) is 30.3 Å². The van der Waals surface area contributed by atoms with E-state index in [0.717, 1.165) is 12.1 Å². The molecular weight excluding hydrogens is 406 g/mol. The minimum atomic E-state index is -0.211. The van der Waals surface area contributed by atoms with Crippen LogP contribution < -0.4 is 5.32 Å². The number of rotatable bonds is 8. The second-order valence-corrected chi connectivity index (χ2v) is 8.44. The number of hydrogen-bond donors (Lipinski definition) is 1. The van der Waals surface area contributed by atoms with Crippen molar-refractivity contribution in [3.8, 4) is 0 Å². The molecule has 1 N–H and O–H groups in total. The van der Waals surface area contributed by atoms with Crippen molar-refractivity contribution >= 4 is 34.5 Å². The first kappa shape index (κ1) is 21.3. The standard InChI is InChI=1S/C27H26ClNO2/c1-2-3-4-5-6-9-18-14-16-19(17-15-18)29-23-13-8-11-21-25(23)27(31)20-10-7-12-22(28)24(20)26(21)30/h7-8,10-17,29H,2-6,9H2,1H3. The second kappa shape index (κ2) is 9.49. The van der Waals surface area contributed by atoms with Crippen molar-refractivity contribution in [2.24, 2.45) is 0 Å². The van der Waals surface area contributed by atoms with Crippen molar-refractivity contribution in [3.63, 3.8) is 0 Å². The largest absolute Gasteiger partial charge is 0.355 e. The van der Waals surface area contributed by atoms with E-state index < -0.39 is 0 Å². The lowest BCUT2D eigenvalue weighted by atomic mass is 9.83. The number of anilines is 2. The summed E-state index contributed by atoms with van der Waals surface area (Å²) in [5.74, 6) is -0.392. The van der Waals surface area contributed by atoms with E-state index in [1.165, 1.54) is 37.7 Å². The molecule has 3 aromatic carbocycles. The molecule has 4 heteroatoms. The smallest absolute Gasteiger partial charge is 0.196 e. The summed E-state index contributed by atoms with van der Waals surface area (Å²) in [4.78, 5) is 26.2. The number of nitrogens with one attached hydrogen (secondary N) is 1. The average Bonchev–Trinajstić information content (AvgIpc) is 2.78. The van der Waals surface area contributed by atoms with E-state index >= 15 is 0 Å². The lowest BCUT2D eigenvalue weighted by molar-refractivity contribution is 0.0980. The predicted molar refractivity (Wildman–Crippen MR) is 127 cm³/mol. The SMILES string of the molecule is CCCCCCCc1ccc(Nc2cccc3c2C(=O)c2cccc(Cl)c2C3=O)cc1. The molecule has 1 aliphatic rings. The quantitative estimate of drug-likeness (QED) is 0.296. The number of hydrogen-bond acceptors (Lipinski definition) is 3. The molecule has 3 nitrogen and oxygen atoms in total. The van der Waals surface area contributed by atoms with Crippen molar-refractivity contribution in [2.45, 2.75) is 45.4 Å². The molecule has 0 saturated carbocycles. The Morgan fingerprint density at radius 3 is 2.13 bits per heavy atom. The fraction of sp³-hybridized carbons (Fsp3) is 0.259. The third-order valence-corrected chi connectivity index (χ3v) is 6.14. The molecule has 0 amide bonds. The van der Waals surface area contributed by atoms with Crippen LogP contribution in [0.3, 0.4) is 0 Å². The lowest BCUT2D eigenvalue weighted by Crippen LogP contribution is -2.22. The Bertz CT molecular complexity index is 1120. The summed E-state index contributed by atoms with van der Waals surface area (Å²) in [6.07, 6.45) is 7.42. The topological polar surface area (TPSA) is 46.2 Å². The van der Waals surface area contributed by atoms with E-state index in [-0.39, 0.29) is 11.6 Å². The Labute approximate surface area is 188 Å². The van der Waals surface area contributed by atoms with Gasteiger partial charge in [0.15, 0.2) is 11.6 Å². The zero-order valence-corrected chi connectivity index (χ0v) is 18.5. The zero-order valence-electron chi connectivity index (χ0n) is 17.7. The van der Waals surface area contributed by atoms with E-state index in [9.17, 15) is 9.59 Å². The van der Waals surface area contributed by atoms with Gasteiger partial charge in [-0.15, -0.1) is 0 Å². The van der Waals surface area contributed by atoms with Crippen molar-refractivity contribution < 1.29 is 9.59 Å². The Morgan fingerprint density at radius 1 is 0.742 bits per heavy atom. The molecule has 0 atom stereocenters. The summed E-state index contributed by atoms with van der Waals surface area (Å²) >= 11 is 6.23. The maximum Gasteiger partial charge on any atom is 0.196 e. The summed E-state index contributed by atoms with van der Waals surface area (Å²) in [5, 5.41) is 3.64. The molecule has 1 aliphatic carbocycles. The fourth-order valence-electron chi connectivity index (χ4n) is 4.15. The molecule has 0 fully saturated rings. The summed E-state index contributed by atoms with van der Waals surface area (Å²) in [5.41, 5.74) is 4.28. The van der Waals surface area contributed by atoms with Gasteiger partial charge in [0.05, 0.1) is 21.8 Å². The summed E-state index contributed by atoms with van der Waals surface area (Å²) < 4.78 is 0. The van der Waals surface area contributed by atoms with Crippen LogP contribution in [0.25, 0.3) is 0 Å². The van der Waals surface area contributed by atoms with Gasteiger partial charge in [0.25, 0.3) is 0 Å². The van der Waals surface area contributed by atoms with Gasteiger partial charge in [-0.1, -0.05) is 80.6 Å². The highest BCUT2D eigenvalue weighted by molar-refractivity contribution is 6.39. The van der Waals surface area contributed by atoms with E-state index in [2.05, 4.69) is 24.4 Å². The summed E-state index contributed by atoms with van der Waals surface area (Å²) in [6, 6.07) is 18.6. The first-order valence-electron chi connectivity index (χ1n) is 11.0. The van der Waals surface area contributed by atoms with Gasteiger partial charge >= 0.3 is 0 Å². The summed E-state index contributed by atoms with van der Waals surface area (Å²) in [6.45, 7) is 2.23. The predicted octanol–water partition coefficient (Wildman–Crippen LogP) is 7.37. The van der Waals surface area contributed by atoms with Crippen LogP contribution in [0, 0.1) is 0 Å². The van der Waals surface area contributed by atoms with Crippen molar-refractivity contribution in [2.75, 3.05) is 5.32 Å². The second-order valence-electron chi connectivity index (χ2n) is 8.03. The van der Waals surface area contributed by atoms with Gasteiger partial charge in [0, 0.05) is 16.8 Å². The summed E-state index contributed by atoms with van der Waals surface area (Å²) in [7, 11) is 0. The lowest BCUT2D eigenvalue weighted by Gasteiger charge is -2.21. The number of carbonyl (C=O) groups is 2. The van der Waals surface area contributed by atoms with Crippen molar-refractivity contribution in [1.29, 1.82) is 0 Å². The normalized spacial score (nSPS) is 12.5. The first-order valence-corrected chi connectivity index (χ1v) is 11.3. The molecule has 0 spiro atoms. The maximum atomic E-state index is 13.2. The zero-order chi connectivity index (χ0) is 21.8. The monoisotopic (exact) mass is 431 g/mol. The van der Waals surface area contributed by atoms with Gasteiger partial charge in [0.1, 0.15) is 0 Å². The molecule has 0 heterocycles. The van der Waals surface area contributed by atoms with E-state index in [1.807, 2.05) is 18.2 Å². The van der Waals surface area contributed by atoms with E-state index in [0.29, 0.717) is 33.0 Å². The first-order chi connectivity index (χ1) is 15.1. The molecule has 0 aromatic heterocycles. The van der Waals surface area contributed by atoms with Crippen molar-refractivity contribution in [3.05, 3.63) is 93.5 Å². The Balaban J connectivity index is 1.54. The molecular formula is C27H26ClNO2. The minimum absolute atomic E-state index is 0.182. The number of ketones is 2. The Hall–Kier alpha value is -2.91. The third-order valence-electron chi connectivity index (χ3n) is 5.82. The number of unbranched alkanes of at least 4 members (excludes halogenated alkanes) is 4. The molecule has 4 rings (SSSR count). The Morgan fingerprint density at radius 2 is 1.39 bits per heavy atom. The van der Waals surface area contributed by atoms with Gasteiger partial charge in [-0.2, -0.15) is 0 Å². The highest BCUT2D eigenvalue weighted by Gasteiger charge is 2.33. The number of fused-ring (bicyclic) bond motifs is 2. The van der Waals surface area contributed by atoms with Gasteiger partial charge < -0.3 is 5.32 Å². The van der Waals surface area contributed by atoms with Crippen molar-refractivity contribution in [1.82, 2.24) is 0 Å². The van der Waals surface area contributed by atoms with Crippen LogP contribution in [0.5, 0.6) is 0 Å². The van der Waals surface area contributed by atoms with Crippen LogP contribution in [0.1, 0.15) is 76.4 Å². The van der Waals surface area contributed by atoms with Crippen LogP contribution in [0.2, 0.25) is 5.02 Å². The highest BCUT2D eigenvalue weighted by Crippen LogP contribution is 2.36. The molecule has 0 saturated heterocycles. The Kier molecular flexibility index (Phi) is 6.53. The number of halogens is 1. The fourth-order valence-corrected chi connectivity index (χ4v) is 4.41. The molecule has 158 valence electrons. The van der Waals surface area contributed by atoms with Gasteiger partial charge in [0.2, 0.25) is 0 Å². The number of carbonyl (C=O) groups excluding carboxylic acids is 2. The third kappa shape index (κ3) is 4.42. The van der Waals surface area contributed by atoms with Crippen LogP contribution in [-0.2, 0) is 6.42 Å². The molecule has 31 heavy (non-hydrogen) atoms. The highest BCUT2D eigenvalue weighted by atomic mass is 35.5. The average molecular weight is 432 g/mol. The van der Waals surface area contributed by atoms with Crippen LogP contribution in [0.15, 0.2) is 60.7 Å². The van der Waals surface area contributed by atoms with Gasteiger partial charge in [-0.25, -0.2) is 0 Å². The molecule has 0 aliphatic heterocycles. The van der Waals surface area contributed by atoms with Crippen LogP contribution >= 0.6 is 11.6 Å². The maximum absolute atomic E-state index is 13.2. The molecule has 0 radical (unpaired) electrons. The number of benzene rings is 3.